The van der Waals surface area contributed by atoms with Crippen LogP contribution in [0.1, 0.15) is 47.9 Å². The first-order chi connectivity index (χ1) is 14.7. The van der Waals surface area contributed by atoms with E-state index in [9.17, 15) is 23.1 Å². The summed E-state index contributed by atoms with van der Waals surface area (Å²) in [5.74, 6) is -0.455. The molecule has 0 unspecified atom stereocenters. The third kappa shape index (κ3) is 4.67. The van der Waals surface area contributed by atoms with Crippen LogP contribution in [-0.4, -0.2) is 32.4 Å². The molecule has 2 N–H and O–H groups in total. The molecular weight excluding hydrogens is 433 g/mol. The lowest BCUT2D eigenvalue weighted by atomic mass is 9.87. The summed E-state index contributed by atoms with van der Waals surface area (Å²) in [5.41, 5.74) is -0.576. The summed E-state index contributed by atoms with van der Waals surface area (Å²) in [6.07, 6.45) is 0.924. The Kier molecular flexibility index (Phi) is 5.90. The number of aliphatic hydroxyl groups is 1. The molecule has 0 saturated heterocycles. The molecule has 1 saturated carbocycles. The van der Waals surface area contributed by atoms with E-state index in [-0.39, 0.29) is 29.1 Å². The summed E-state index contributed by atoms with van der Waals surface area (Å²) in [7, 11) is 0. The molecule has 1 aliphatic carbocycles. The number of carbonyl (C=O) groups is 1. The van der Waals surface area contributed by atoms with Crippen LogP contribution >= 0.6 is 11.6 Å². The maximum atomic E-state index is 12.9. The second-order valence-corrected chi connectivity index (χ2v) is 8.12. The number of rotatable bonds is 4. The van der Waals surface area contributed by atoms with E-state index in [2.05, 4.69) is 15.4 Å². The topological polar surface area (TPSA) is 80.0 Å². The highest BCUT2D eigenvalue weighted by molar-refractivity contribution is 6.34. The van der Waals surface area contributed by atoms with Crippen LogP contribution in [0.25, 0.3) is 10.9 Å². The fourth-order valence-corrected chi connectivity index (χ4v) is 4.05. The zero-order valence-electron chi connectivity index (χ0n) is 16.4. The molecule has 4 rings (SSSR count). The number of amides is 1. The number of benzene rings is 1. The van der Waals surface area contributed by atoms with Crippen molar-refractivity contribution in [2.24, 2.45) is 5.92 Å². The van der Waals surface area contributed by atoms with Gasteiger partial charge in [0.25, 0.3) is 5.91 Å². The molecule has 0 spiro atoms. The molecule has 2 heterocycles. The van der Waals surface area contributed by atoms with Crippen molar-refractivity contribution in [3.05, 3.63) is 52.9 Å². The molecular formula is C21H20ClF3N4O2. The Morgan fingerprint density at radius 3 is 2.65 bits per heavy atom. The molecule has 3 aromatic rings. The fourth-order valence-electron chi connectivity index (χ4n) is 3.85. The number of carbonyl (C=O) groups excluding carboxylic acids is 1. The first kappa shape index (κ1) is 21.6. The van der Waals surface area contributed by atoms with E-state index in [0.29, 0.717) is 11.4 Å². The SMILES string of the molecule is O=C(Nc1cc2cn([C@H]3CC[C@H](CO)CC3)nc2cc1Cl)c1cccc(C(F)(F)F)n1. The number of pyridine rings is 1. The number of aromatic nitrogens is 3. The number of alkyl halides is 3. The first-order valence-electron chi connectivity index (χ1n) is 9.89. The Labute approximate surface area is 181 Å². The quantitative estimate of drug-likeness (QED) is 0.578. The number of anilines is 1. The van der Waals surface area contributed by atoms with Crippen molar-refractivity contribution in [1.29, 1.82) is 0 Å². The van der Waals surface area contributed by atoms with E-state index in [1.165, 1.54) is 6.07 Å². The largest absolute Gasteiger partial charge is 0.433 e. The van der Waals surface area contributed by atoms with E-state index < -0.39 is 17.8 Å². The summed E-state index contributed by atoms with van der Waals surface area (Å²) in [6, 6.07) is 6.62. The molecule has 1 aliphatic rings. The number of hydrogen-bond donors (Lipinski definition) is 2. The van der Waals surface area contributed by atoms with Gasteiger partial charge in [-0.25, -0.2) is 4.98 Å². The molecule has 0 bridgehead atoms. The Bertz CT molecular complexity index is 1110. The van der Waals surface area contributed by atoms with Crippen LogP contribution in [0.3, 0.4) is 0 Å². The zero-order valence-corrected chi connectivity index (χ0v) is 17.1. The average molecular weight is 453 g/mol. The standard InChI is InChI=1S/C21H20ClF3N4O2/c22-15-9-17-13(10-29(28-17)14-6-4-12(11-30)5-7-14)8-18(15)27-20(31)16-2-1-3-19(26-16)21(23,24)25/h1-3,8-10,12,14,30H,4-7,11H2,(H,27,31)/t12-,14-. The normalized spacial score (nSPS) is 19.5. The maximum Gasteiger partial charge on any atom is 0.433 e. The number of nitrogens with zero attached hydrogens (tertiary/aromatic N) is 3. The molecule has 31 heavy (non-hydrogen) atoms. The van der Waals surface area contributed by atoms with E-state index in [1.807, 2.05) is 10.9 Å². The summed E-state index contributed by atoms with van der Waals surface area (Å²) >= 11 is 6.28. The van der Waals surface area contributed by atoms with E-state index in [0.717, 1.165) is 43.2 Å². The third-order valence-electron chi connectivity index (χ3n) is 5.58. The van der Waals surface area contributed by atoms with Crippen LogP contribution in [-0.2, 0) is 6.18 Å². The minimum Gasteiger partial charge on any atom is -0.396 e. The number of halogens is 4. The average Bonchev–Trinajstić information content (AvgIpc) is 3.16. The highest BCUT2D eigenvalue weighted by Crippen LogP contribution is 2.34. The third-order valence-corrected chi connectivity index (χ3v) is 5.89. The van der Waals surface area contributed by atoms with Crippen molar-refractivity contribution < 1.29 is 23.1 Å². The van der Waals surface area contributed by atoms with Gasteiger partial charge in [0.05, 0.1) is 22.3 Å². The molecule has 1 fully saturated rings. The fraction of sp³-hybridized carbons (Fsp3) is 0.381. The molecule has 6 nitrogen and oxygen atoms in total. The number of fused-ring (bicyclic) bond motifs is 1. The smallest absolute Gasteiger partial charge is 0.396 e. The Morgan fingerprint density at radius 1 is 1.23 bits per heavy atom. The van der Waals surface area contributed by atoms with Crippen molar-refractivity contribution in [2.75, 3.05) is 11.9 Å². The minimum absolute atomic E-state index is 0.202. The van der Waals surface area contributed by atoms with Crippen molar-refractivity contribution >= 4 is 34.1 Å². The van der Waals surface area contributed by atoms with Crippen LogP contribution in [0.5, 0.6) is 0 Å². The maximum absolute atomic E-state index is 12.9. The summed E-state index contributed by atoms with van der Waals surface area (Å²) in [5, 5.41) is 17.4. The van der Waals surface area contributed by atoms with E-state index in [4.69, 9.17) is 11.6 Å². The van der Waals surface area contributed by atoms with Crippen molar-refractivity contribution in [3.63, 3.8) is 0 Å². The van der Waals surface area contributed by atoms with Crippen LogP contribution < -0.4 is 5.32 Å². The van der Waals surface area contributed by atoms with Crippen LogP contribution in [0.15, 0.2) is 36.5 Å². The van der Waals surface area contributed by atoms with Crippen molar-refractivity contribution in [3.8, 4) is 0 Å². The number of aliphatic hydroxyl groups excluding tert-OH is 1. The molecule has 0 atom stereocenters. The number of nitrogens with one attached hydrogen (secondary N) is 1. The van der Waals surface area contributed by atoms with Gasteiger partial charge in [-0.3, -0.25) is 9.48 Å². The van der Waals surface area contributed by atoms with Gasteiger partial charge in [-0.15, -0.1) is 0 Å². The highest BCUT2D eigenvalue weighted by atomic mass is 35.5. The van der Waals surface area contributed by atoms with Crippen molar-refractivity contribution in [1.82, 2.24) is 14.8 Å². The van der Waals surface area contributed by atoms with E-state index in [1.54, 1.807) is 12.1 Å². The van der Waals surface area contributed by atoms with Gasteiger partial charge in [0.1, 0.15) is 11.4 Å². The zero-order chi connectivity index (χ0) is 22.2. The summed E-state index contributed by atoms with van der Waals surface area (Å²) < 4.78 is 40.5. The summed E-state index contributed by atoms with van der Waals surface area (Å²) in [4.78, 5) is 15.8. The van der Waals surface area contributed by atoms with Gasteiger partial charge in [-0.1, -0.05) is 17.7 Å². The van der Waals surface area contributed by atoms with Gasteiger partial charge >= 0.3 is 6.18 Å². The van der Waals surface area contributed by atoms with Gasteiger partial charge in [0.2, 0.25) is 0 Å². The highest BCUT2D eigenvalue weighted by Gasteiger charge is 2.33. The monoisotopic (exact) mass is 452 g/mol. The van der Waals surface area contributed by atoms with Crippen LogP contribution in [0, 0.1) is 5.92 Å². The molecule has 10 heteroatoms. The molecule has 0 aliphatic heterocycles. The minimum atomic E-state index is -4.64. The van der Waals surface area contributed by atoms with E-state index >= 15 is 0 Å². The lowest BCUT2D eigenvalue weighted by Gasteiger charge is -2.27. The van der Waals surface area contributed by atoms with Gasteiger partial charge in [0.15, 0.2) is 0 Å². The Hall–Kier alpha value is -2.65. The Morgan fingerprint density at radius 2 is 1.97 bits per heavy atom. The second kappa shape index (κ2) is 8.47. The molecule has 1 amide bonds. The first-order valence-corrected chi connectivity index (χ1v) is 10.3. The van der Waals surface area contributed by atoms with Crippen molar-refractivity contribution in [2.45, 2.75) is 37.9 Å². The van der Waals surface area contributed by atoms with Gasteiger partial charge in [-0.05, 0) is 55.9 Å². The van der Waals surface area contributed by atoms with Gasteiger partial charge in [0, 0.05) is 18.2 Å². The van der Waals surface area contributed by atoms with Gasteiger partial charge < -0.3 is 10.4 Å². The Balaban J connectivity index is 1.55. The van der Waals surface area contributed by atoms with Crippen LogP contribution in [0.2, 0.25) is 5.02 Å². The molecule has 164 valence electrons. The predicted octanol–water partition coefficient (Wildman–Crippen LogP) is 5.08. The van der Waals surface area contributed by atoms with Crippen LogP contribution in [0.4, 0.5) is 18.9 Å². The second-order valence-electron chi connectivity index (χ2n) is 7.72. The summed E-state index contributed by atoms with van der Waals surface area (Å²) in [6.45, 7) is 0.202. The molecule has 2 aromatic heterocycles. The van der Waals surface area contributed by atoms with Gasteiger partial charge in [-0.2, -0.15) is 18.3 Å². The molecule has 0 radical (unpaired) electrons. The lowest BCUT2D eigenvalue weighted by molar-refractivity contribution is -0.141. The predicted molar refractivity (Wildman–Crippen MR) is 110 cm³/mol. The molecule has 1 aromatic carbocycles. The lowest BCUT2D eigenvalue weighted by Crippen LogP contribution is -2.20. The number of hydrogen-bond acceptors (Lipinski definition) is 4.